The van der Waals surface area contributed by atoms with Crippen LogP contribution in [0.4, 0.5) is 0 Å². The van der Waals surface area contributed by atoms with Gasteiger partial charge < -0.3 is 15.4 Å². The standard InChI is InChI=1S/C14H23N3O2/c1-5-10(2)16-14(18)11(3)15-9-12-7-6-8-13(17-12)19-4/h6-8,10-11,15H,5,9H2,1-4H3,(H,16,18). The van der Waals surface area contributed by atoms with Crippen LogP contribution in [0.15, 0.2) is 18.2 Å². The van der Waals surface area contributed by atoms with Crippen LogP contribution in [-0.4, -0.2) is 30.1 Å². The molecule has 1 rings (SSSR count). The Kier molecular flexibility index (Phi) is 6.29. The molecule has 0 aliphatic rings. The van der Waals surface area contributed by atoms with Crippen LogP contribution >= 0.6 is 0 Å². The highest BCUT2D eigenvalue weighted by Gasteiger charge is 2.13. The molecule has 0 spiro atoms. The van der Waals surface area contributed by atoms with Crippen LogP contribution < -0.4 is 15.4 Å². The van der Waals surface area contributed by atoms with Crippen LogP contribution in [0.3, 0.4) is 0 Å². The van der Waals surface area contributed by atoms with Gasteiger partial charge in [-0.25, -0.2) is 4.98 Å². The van der Waals surface area contributed by atoms with E-state index in [2.05, 4.69) is 15.6 Å². The number of nitrogens with one attached hydrogen (secondary N) is 2. The number of pyridine rings is 1. The molecule has 0 saturated carbocycles. The van der Waals surface area contributed by atoms with Crippen molar-refractivity contribution >= 4 is 5.91 Å². The largest absolute Gasteiger partial charge is 0.481 e. The van der Waals surface area contributed by atoms with Crippen molar-refractivity contribution in [3.05, 3.63) is 23.9 Å². The molecule has 1 heterocycles. The van der Waals surface area contributed by atoms with Crippen LogP contribution in [0.1, 0.15) is 32.9 Å². The molecule has 1 amide bonds. The zero-order chi connectivity index (χ0) is 14.3. The quantitative estimate of drug-likeness (QED) is 0.784. The molecule has 5 nitrogen and oxygen atoms in total. The number of nitrogens with zero attached hydrogens (tertiary/aromatic N) is 1. The Hall–Kier alpha value is -1.62. The minimum atomic E-state index is -0.248. The molecule has 0 bridgehead atoms. The Balaban J connectivity index is 2.44. The molecule has 0 saturated heterocycles. The fourth-order valence-electron chi connectivity index (χ4n) is 1.49. The highest BCUT2D eigenvalue weighted by Crippen LogP contribution is 2.06. The lowest BCUT2D eigenvalue weighted by molar-refractivity contribution is -0.123. The SMILES string of the molecule is CCC(C)NC(=O)C(C)NCc1cccc(OC)n1. The molecule has 2 N–H and O–H groups in total. The van der Waals surface area contributed by atoms with E-state index in [-0.39, 0.29) is 18.0 Å². The third-order valence-corrected chi connectivity index (χ3v) is 2.97. The molecule has 0 radical (unpaired) electrons. The van der Waals surface area contributed by atoms with Gasteiger partial charge in [-0.1, -0.05) is 13.0 Å². The summed E-state index contributed by atoms with van der Waals surface area (Å²) in [6.07, 6.45) is 0.926. The Morgan fingerprint density at radius 3 is 2.79 bits per heavy atom. The van der Waals surface area contributed by atoms with Crippen LogP contribution in [0.25, 0.3) is 0 Å². The molecular weight excluding hydrogens is 242 g/mol. The van der Waals surface area contributed by atoms with E-state index in [1.54, 1.807) is 13.2 Å². The number of hydrogen-bond donors (Lipinski definition) is 2. The molecule has 5 heteroatoms. The van der Waals surface area contributed by atoms with Gasteiger partial charge in [-0.3, -0.25) is 4.79 Å². The van der Waals surface area contributed by atoms with Crippen molar-refractivity contribution in [2.75, 3.05) is 7.11 Å². The molecule has 19 heavy (non-hydrogen) atoms. The predicted molar refractivity (Wildman–Crippen MR) is 75.0 cm³/mol. The maximum Gasteiger partial charge on any atom is 0.237 e. The average Bonchev–Trinajstić information content (AvgIpc) is 2.44. The molecule has 1 aromatic heterocycles. The normalized spacial score (nSPS) is 13.7. The average molecular weight is 265 g/mol. The molecule has 0 fully saturated rings. The number of methoxy groups -OCH3 is 1. The Morgan fingerprint density at radius 2 is 2.16 bits per heavy atom. The number of carbonyl (C=O) groups excluding carboxylic acids is 1. The number of amides is 1. The van der Waals surface area contributed by atoms with Gasteiger partial charge in [0, 0.05) is 18.7 Å². The van der Waals surface area contributed by atoms with E-state index in [9.17, 15) is 4.79 Å². The van der Waals surface area contributed by atoms with Crippen LogP contribution in [-0.2, 0) is 11.3 Å². The maximum atomic E-state index is 11.8. The molecule has 2 unspecified atom stereocenters. The van der Waals surface area contributed by atoms with Crippen LogP contribution in [0.5, 0.6) is 5.88 Å². The molecule has 2 atom stereocenters. The maximum absolute atomic E-state index is 11.8. The predicted octanol–water partition coefficient (Wildman–Crippen LogP) is 1.48. The second kappa shape index (κ2) is 7.74. The zero-order valence-corrected chi connectivity index (χ0v) is 12.1. The Morgan fingerprint density at radius 1 is 1.42 bits per heavy atom. The van der Waals surface area contributed by atoms with Gasteiger partial charge in [0.15, 0.2) is 0 Å². The van der Waals surface area contributed by atoms with Crippen molar-refractivity contribution < 1.29 is 9.53 Å². The van der Waals surface area contributed by atoms with Crippen molar-refractivity contribution in [3.63, 3.8) is 0 Å². The summed E-state index contributed by atoms with van der Waals surface area (Å²) in [5, 5.41) is 6.09. The van der Waals surface area contributed by atoms with E-state index >= 15 is 0 Å². The van der Waals surface area contributed by atoms with Crippen molar-refractivity contribution in [3.8, 4) is 5.88 Å². The van der Waals surface area contributed by atoms with Crippen molar-refractivity contribution in [1.29, 1.82) is 0 Å². The van der Waals surface area contributed by atoms with E-state index < -0.39 is 0 Å². The summed E-state index contributed by atoms with van der Waals surface area (Å²) in [5.74, 6) is 0.591. The lowest BCUT2D eigenvalue weighted by Crippen LogP contribution is -2.45. The van der Waals surface area contributed by atoms with Crippen LogP contribution in [0, 0.1) is 0 Å². The third kappa shape index (κ3) is 5.26. The van der Waals surface area contributed by atoms with Gasteiger partial charge >= 0.3 is 0 Å². The zero-order valence-electron chi connectivity index (χ0n) is 12.1. The molecular formula is C14H23N3O2. The van der Waals surface area contributed by atoms with Crippen molar-refractivity contribution in [2.45, 2.75) is 45.8 Å². The molecule has 0 aliphatic carbocycles. The van der Waals surface area contributed by atoms with Gasteiger partial charge in [-0.05, 0) is 26.3 Å². The van der Waals surface area contributed by atoms with Crippen LogP contribution in [0.2, 0.25) is 0 Å². The fourth-order valence-corrected chi connectivity index (χ4v) is 1.49. The number of ether oxygens (including phenoxy) is 1. The third-order valence-electron chi connectivity index (χ3n) is 2.97. The second-order valence-corrected chi connectivity index (χ2v) is 4.59. The van der Waals surface area contributed by atoms with Gasteiger partial charge in [0.25, 0.3) is 0 Å². The number of aromatic nitrogens is 1. The highest BCUT2D eigenvalue weighted by molar-refractivity contribution is 5.81. The summed E-state index contributed by atoms with van der Waals surface area (Å²) < 4.78 is 5.06. The highest BCUT2D eigenvalue weighted by atomic mass is 16.5. The summed E-state index contributed by atoms with van der Waals surface area (Å²) in [6, 6.07) is 5.53. The first-order chi connectivity index (χ1) is 9.06. The number of rotatable bonds is 7. The number of hydrogen-bond acceptors (Lipinski definition) is 4. The number of carbonyl (C=O) groups is 1. The van der Waals surface area contributed by atoms with Gasteiger partial charge in [-0.2, -0.15) is 0 Å². The Bertz CT molecular complexity index is 409. The smallest absolute Gasteiger partial charge is 0.237 e. The lowest BCUT2D eigenvalue weighted by atomic mass is 10.2. The summed E-state index contributed by atoms with van der Waals surface area (Å²) >= 11 is 0. The van der Waals surface area contributed by atoms with E-state index in [1.165, 1.54) is 0 Å². The first-order valence-corrected chi connectivity index (χ1v) is 6.60. The second-order valence-electron chi connectivity index (χ2n) is 4.59. The minimum absolute atomic E-state index is 0.0113. The van der Waals surface area contributed by atoms with E-state index in [0.29, 0.717) is 12.4 Å². The molecule has 106 valence electrons. The van der Waals surface area contributed by atoms with Crippen molar-refractivity contribution in [2.24, 2.45) is 0 Å². The molecule has 0 aliphatic heterocycles. The minimum Gasteiger partial charge on any atom is -0.481 e. The van der Waals surface area contributed by atoms with Gasteiger partial charge in [0.05, 0.1) is 18.8 Å². The Labute approximate surface area is 114 Å². The monoisotopic (exact) mass is 265 g/mol. The van der Waals surface area contributed by atoms with Gasteiger partial charge in [0.2, 0.25) is 11.8 Å². The fraction of sp³-hybridized carbons (Fsp3) is 0.571. The summed E-state index contributed by atoms with van der Waals surface area (Å²) in [4.78, 5) is 16.1. The molecule has 0 aromatic carbocycles. The van der Waals surface area contributed by atoms with Gasteiger partial charge in [-0.15, -0.1) is 0 Å². The first kappa shape index (κ1) is 15.4. The summed E-state index contributed by atoms with van der Waals surface area (Å²) in [7, 11) is 1.59. The van der Waals surface area contributed by atoms with E-state index in [0.717, 1.165) is 12.1 Å². The first-order valence-electron chi connectivity index (χ1n) is 6.60. The summed E-state index contributed by atoms with van der Waals surface area (Å²) in [5.41, 5.74) is 0.850. The molecule has 1 aromatic rings. The van der Waals surface area contributed by atoms with E-state index in [1.807, 2.05) is 32.9 Å². The van der Waals surface area contributed by atoms with Crippen molar-refractivity contribution in [1.82, 2.24) is 15.6 Å². The summed E-state index contributed by atoms with van der Waals surface area (Å²) in [6.45, 7) is 6.42. The van der Waals surface area contributed by atoms with E-state index in [4.69, 9.17) is 4.74 Å². The topological polar surface area (TPSA) is 63.2 Å². The lowest BCUT2D eigenvalue weighted by Gasteiger charge is -2.17. The van der Waals surface area contributed by atoms with Gasteiger partial charge in [0.1, 0.15) is 0 Å².